The molecule has 6 rings (SSSR count). The number of ether oxygens (including phenoxy) is 4. The zero-order chi connectivity index (χ0) is 37.7. The van der Waals surface area contributed by atoms with Gasteiger partial charge in [0.15, 0.2) is 17.2 Å². The summed E-state index contributed by atoms with van der Waals surface area (Å²) in [5, 5.41) is 7.51. The van der Waals surface area contributed by atoms with Crippen LogP contribution in [0.5, 0.6) is 17.2 Å². The third-order valence-corrected chi connectivity index (χ3v) is 11.0. The number of carbonyl (C=O) groups excluding carboxylic acids is 3. The fourth-order valence-electron chi connectivity index (χ4n) is 6.28. The lowest BCUT2D eigenvalue weighted by atomic mass is 9.99. The van der Waals surface area contributed by atoms with Gasteiger partial charge in [0.1, 0.15) is 25.9 Å². The maximum atomic E-state index is 14.2. The van der Waals surface area contributed by atoms with Gasteiger partial charge in [-0.3, -0.25) is 9.59 Å². The van der Waals surface area contributed by atoms with Gasteiger partial charge < -0.3 is 40.2 Å². The van der Waals surface area contributed by atoms with Crippen LogP contribution in [-0.2, 0) is 19.6 Å². The van der Waals surface area contributed by atoms with Crippen molar-refractivity contribution in [1.82, 2.24) is 9.21 Å². The maximum absolute atomic E-state index is 14.2. The lowest BCUT2D eigenvalue weighted by Gasteiger charge is -2.38. The first-order chi connectivity index (χ1) is 25.5. The van der Waals surface area contributed by atoms with Gasteiger partial charge in [0, 0.05) is 37.5 Å². The minimum Gasteiger partial charge on any atom is -0.486 e. The van der Waals surface area contributed by atoms with Gasteiger partial charge >= 0.3 is 12.0 Å². The second-order valence-electron chi connectivity index (χ2n) is 13.0. The lowest BCUT2D eigenvalue weighted by Crippen LogP contribution is -2.50. The van der Waals surface area contributed by atoms with E-state index in [0.29, 0.717) is 30.4 Å². The molecule has 0 saturated carbocycles. The molecule has 0 aliphatic carbocycles. The van der Waals surface area contributed by atoms with Gasteiger partial charge in [-0.05, 0) is 42.6 Å². The van der Waals surface area contributed by atoms with Gasteiger partial charge in [-0.1, -0.05) is 49.4 Å². The number of esters is 1. The van der Waals surface area contributed by atoms with E-state index >= 15 is 0 Å². The Hall–Kier alpha value is -5.38. The SMILES string of the molecule is C[C@@H]1CN([C@@H](C)COC(=O)CCN)C(=O)c2cccc(NC(=O)Nc3cccc4ccccc34)c2O[C@H]1CN(C)S(=O)(=O)c1ccc2c(c1)OCCO2. The highest BCUT2D eigenvalue weighted by Crippen LogP contribution is 2.37. The van der Waals surface area contributed by atoms with Gasteiger partial charge in [-0.2, -0.15) is 4.31 Å². The van der Waals surface area contributed by atoms with E-state index in [9.17, 15) is 22.8 Å². The van der Waals surface area contributed by atoms with Gasteiger partial charge in [0.05, 0.1) is 40.8 Å². The number of urea groups is 1. The first-order valence-corrected chi connectivity index (χ1v) is 18.8. The first kappa shape index (κ1) is 37.4. The number of rotatable bonds is 11. The number of nitrogens with two attached hydrogens (primary N) is 1. The predicted octanol–water partition coefficient (Wildman–Crippen LogP) is 4.70. The third-order valence-electron chi connectivity index (χ3n) is 9.21. The van der Waals surface area contributed by atoms with Crippen LogP contribution in [0, 0.1) is 5.92 Å². The molecular weight excluding hydrogens is 703 g/mol. The van der Waals surface area contributed by atoms with E-state index in [1.54, 1.807) is 42.2 Å². The van der Waals surface area contributed by atoms with E-state index in [4.69, 9.17) is 24.7 Å². The molecule has 4 aromatic carbocycles. The number of likely N-dealkylation sites (N-methyl/N-ethyl adjacent to an activating group) is 1. The fraction of sp³-hybridized carbons (Fsp3) is 0.342. The summed E-state index contributed by atoms with van der Waals surface area (Å²) in [6, 6.07) is 21.3. The normalized spacial score (nSPS) is 17.6. The molecule has 0 spiro atoms. The molecule has 4 N–H and O–H groups in total. The van der Waals surface area contributed by atoms with Crippen LogP contribution in [0.4, 0.5) is 16.2 Å². The van der Waals surface area contributed by atoms with Crippen LogP contribution in [0.3, 0.4) is 0 Å². The number of fused-ring (bicyclic) bond motifs is 3. The highest BCUT2D eigenvalue weighted by molar-refractivity contribution is 7.89. The second kappa shape index (κ2) is 16.1. The molecule has 0 radical (unpaired) electrons. The molecule has 0 fully saturated rings. The lowest BCUT2D eigenvalue weighted by molar-refractivity contribution is -0.144. The number of hydrogen-bond donors (Lipinski definition) is 3. The topological polar surface area (TPSA) is 179 Å². The highest BCUT2D eigenvalue weighted by Gasteiger charge is 2.37. The van der Waals surface area contributed by atoms with Crippen molar-refractivity contribution >= 4 is 50.1 Å². The fourth-order valence-corrected chi connectivity index (χ4v) is 7.48. The van der Waals surface area contributed by atoms with Crippen molar-refractivity contribution in [2.24, 2.45) is 11.7 Å². The molecule has 53 heavy (non-hydrogen) atoms. The van der Waals surface area contributed by atoms with E-state index < -0.39 is 46.0 Å². The molecule has 0 bridgehead atoms. The van der Waals surface area contributed by atoms with Crippen molar-refractivity contribution in [3.8, 4) is 17.2 Å². The van der Waals surface area contributed by atoms with E-state index in [1.165, 1.54) is 23.5 Å². The van der Waals surface area contributed by atoms with Crippen molar-refractivity contribution in [3.05, 3.63) is 84.4 Å². The number of benzene rings is 4. The largest absolute Gasteiger partial charge is 0.486 e. The van der Waals surface area contributed by atoms with Crippen LogP contribution >= 0.6 is 0 Å². The Kier molecular flexibility index (Phi) is 11.4. The minimum atomic E-state index is -4.05. The smallest absolute Gasteiger partial charge is 0.323 e. The molecule has 2 heterocycles. The standard InChI is InChI=1S/C38H43N5O9S/c1-24-21-43(25(2)23-51-35(44)16-17-39)37(45)29-11-7-13-31(41-38(46)40-30-12-6-9-26-8-4-5-10-28(26)30)36(29)52-34(24)22-42(3)53(47,48)27-14-15-32-33(20-27)50-19-18-49-32/h4-15,20,24-25,34H,16-19,21-23,39H2,1-3H3,(H2,40,41,46)/t24-,25+,34+/m1/s1. The number of para-hydroxylation sites is 1. The minimum absolute atomic E-state index is 0.0142. The number of nitrogens with one attached hydrogen (secondary N) is 2. The first-order valence-electron chi connectivity index (χ1n) is 17.3. The summed E-state index contributed by atoms with van der Waals surface area (Å²) in [4.78, 5) is 41.5. The molecule has 0 unspecified atom stereocenters. The second-order valence-corrected chi connectivity index (χ2v) is 15.1. The summed E-state index contributed by atoms with van der Waals surface area (Å²) in [7, 11) is -2.60. The summed E-state index contributed by atoms with van der Waals surface area (Å²) in [6.45, 7) is 4.36. The number of carbonyl (C=O) groups is 3. The number of nitrogens with zero attached hydrogens (tertiary/aromatic N) is 2. The Morgan fingerprint density at radius 1 is 0.981 bits per heavy atom. The Bertz CT molecular complexity index is 2110. The monoisotopic (exact) mass is 745 g/mol. The Balaban J connectivity index is 1.31. The Morgan fingerprint density at radius 3 is 2.47 bits per heavy atom. The van der Waals surface area contributed by atoms with Gasteiger partial charge in [0.25, 0.3) is 5.91 Å². The summed E-state index contributed by atoms with van der Waals surface area (Å²) in [5.74, 6) is -0.466. The maximum Gasteiger partial charge on any atom is 0.323 e. The zero-order valence-corrected chi connectivity index (χ0v) is 30.6. The zero-order valence-electron chi connectivity index (χ0n) is 29.7. The molecule has 280 valence electrons. The average Bonchev–Trinajstić information content (AvgIpc) is 3.15. The molecule has 0 saturated heterocycles. The molecule has 0 aromatic heterocycles. The number of sulfonamides is 1. The number of amides is 3. The summed E-state index contributed by atoms with van der Waals surface area (Å²) in [5.41, 5.74) is 6.43. The van der Waals surface area contributed by atoms with Crippen LogP contribution in [0.15, 0.2) is 83.8 Å². The van der Waals surface area contributed by atoms with E-state index in [1.807, 2.05) is 43.3 Å². The molecule has 15 heteroatoms. The molecular formula is C38H43N5O9S. The molecule has 3 atom stereocenters. The molecule has 2 aliphatic rings. The van der Waals surface area contributed by atoms with Gasteiger partial charge in [-0.25, -0.2) is 13.2 Å². The van der Waals surface area contributed by atoms with Crippen LogP contribution in [0.1, 0.15) is 30.6 Å². The summed E-state index contributed by atoms with van der Waals surface area (Å²) >= 11 is 0. The van der Waals surface area contributed by atoms with Crippen molar-refractivity contribution in [3.63, 3.8) is 0 Å². The summed E-state index contributed by atoms with van der Waals surface area (Å²) < 4.78 is 52.2. The van der Waals surface area contributed by atoms with Gasteiger partial charge in [0.2, 0.25) is 10.0 Å². The van der Waals surface area contributed by atoms with Crippen LogP contribution in [0.25, 0.3) is 10.8 Å². The Morgan fingerprint density at radius 2 is 1.68 bits per heavy atom. The Labute approximate surface area is 308 Å². The number of hydrogen-bond acceptors (Lipinski definition) is 10. The quantitative estimate of drug-likeness (QED) is 0.182. The molecule has 4 aromatic rings. The highest BCUT2D eigenvalue weighted by atomic mass is 32.2. The van der Waals surface area contributed by atoms with Crippen molar-refractivity contribution in [2.75, 3.05) is 57.1 Å². The number of anilines is 2. The van der Waals surface area contributed by atoms with Crippen LogP contribution in [-0.4, -0.2) is 94.2 Å². The van der Waals surface area contributed by atoms with Gasteiger partial charge in [-0.15, -0.1) is 0 Å². The molecule has 3 amide bonds. The predicted molar refractivity (Wildman–Crippen MR) is 199 cm³/mol. The average molecular weight is 746 g/mol. The summed E-state index contributed by atoms with van der Waals surface area (Å²) in [6.07, 6.45) is -0.770. The van der Waals surface area contributed by atoms with Crippen molar-refractivity contribution < 1.29 is 41.7 Å². The van der Waals surface area contributed by atoms with Crippen molar-refractivity contribution in [1.29, 1.82) is 0 Å². The molecule has 14 nitrogen and oxygen atoms in total. The third kappa shape index (κ3) is 8.32. The van der Waals surface area contributed by atoms with Crippen LogP contribution in [0.2, 0.25) is 0 Å². The van der Waals surface area contributed by atoms with Crippen molar-refractivity contribution in [2.45, 2.75) is 37.3 Å². The van der Waals surface area contributed by atoms with E-state index in [-0.39, 0.29) is 54.6 Å². The van der Waals surface area contributed by atoms with E-state index in [2.05, 4.69) is 10.6 Å². The van der Waals surface area contributed by atoms with E-state index in [0.717, 1.165) is 10.8 Å². The molecule has 2 aliphatic heterocycles. The van der Waals surface area contributed by atoms with Crippen LogP contribution < -0.4 is 30.6 Å².